The molecule has 1 fully saturated rings. The van der Waals surface area contributed by atoms with Gasteiger partial charge in [0.1, 0.15) is 6.67 Å². The van der Waals surface area contributed by atoms with Crippen molar-refractivity contribution < 1.29 is 13.9 Å². The molecule has 0 spiro atoms. The lowest BCUT2D eigenvalue weighted by Gasteiger charge is -2.24. The molecule has 1 aliphatic rings. The molecule has 0 bridgehead atoms. The Morgan fingerprint density at radius 1 is 1.05 bits per heavy atom. The molecule has 4 aromatic rings. The van der Waals surface area contributed by atoms with Crippen molar-refractivity contribution >= 4 is 16.8 Å². The summed E-state index contributed by atoms with van der Waals surface area (Å²) in [7, 11) is 0. The van der Waals surface area contributed by atoms with Crippen molar-refractivity contribution in [3.63, 3.8) is 0 Å². The first-order chi connectivity index (χ1) is 19.2. The minimum Gasteiger partial charge on any atom is -0.375 e. The van der Waals surface area contributed by atoms with E-state index in [9.17, 15) is 9.18 Å². The van der Waals surface area contributed by atoms with Gasteiger partial charge in [-0.3, -0.25) is 9.69 Å². The van der Waals surface area contributed by atoms with Crippen molar-refractivity contribution in [2.45, 2.75) is 44.9 Å². The number of amides is 1. The molecule has 6 heteroatoms. The highest BCUT2D eigenvalue weighted by Gasteiger charge is 2.26. The fourth-order valence-electron chi connectivity index (χ4n) is 5.61. The summed E-state index contributed by atoms with van der Waals surface area (Å²) in [6.45, 7) is 3.79. The van der Waals surface area contributed by atoms with Crippen LogP contribution in [-0.4, -0.2) is 48.2 Å². The van der Waals surface area contributed by atoms with Crippen molar-refractivity contribution in [3.8, 4) is 11.3 Å². The number of halogens is 1. The third-order valence-corrected chi connectivity index (χ3v) is 7.61. The standard InChI is InChI=1S/C33H36FN3O2/c1-2-29(24-12-5-3-6-13-24)36-33(38)31-27-17-9-10-18-30(27)35-32(25-14-7-4-8-15-25)28(31)23-39-22-26-16-11-20-37(26)21-19-34/h3-10,12-15,17-18,26,29H,2,11,16,19-23H2,1H3,(H,36,38)/t26-,29-/m0/s1. The van der Waals surface area contributed by atoms with E-state index in [0.29, 0.717) is 18.7 Å². The number of pyridine rings is 1. The molecular formula is C33H36FN3O2. The normalized spacial score (nSPS) is 16.4. The molecule has 0 radical (unpaired) electrons. The molecule has 1 amide bonds. The Balaban J connectivity index is 1.54. The number of ether oxygens (including phenoxy) is 1. The van der Waals surface area contributed by atoms with Crippen LogP contribution in [0.25, 0.3) is 22.2 Å². The van der Waals surface area contributed by atoms with Crippen LogP contribution in [0, 0.1) is 0 Å². The van der Waals surface area contributed by atoms with Crippen LogP contribution >= 0.6 is 0 Å². The van der Waals surface area contributed by atoms with Crippen LogP contribution in [0.5, 0.6) is 0 Å². The highest BCUT2D eigenvalue weighted by atomic mass is 19.1. The first-order valence-corrected chi connectivity index (χ1v) is 13.9. The lowest BCUT2D eigenvalue weighted by atomic mass is 9.95. The lowest BCUT2D eigenvalue weighted by Crippen LogP contribution is -2.34. The van der Waals surface area contributed by atoms with Crippen LogP contribution in [0.2, 0.25) is 0 Å². The average Bonchev–Trinajstić information content (AvgIpc) is 3.43. The highest BCUT2D eigenvalue weighted by Crippen LogP contribution is 2.32. The number of nitrogens with zero attached hydrogens (tertiary/aromatic N) is 2. The van der Waals surface area contributed by atoms with E-state index < -0.39 is 0 Å². The molecule has 1 saturated heterocycles. The monoisotopic (exact) mass is 525 g/mol. The molecule has 5 rings (SSSR count). The van der Waals surface area contributed by atoms with E-state index in [1.54, 1.807) is 0 Å². The van der Waals surface area contributed by atoms with Crippen molar-refractivity contribution in [2.24, 2.45) is 0 Å². The van der Waals surface area contributed by atoms with Crippen molar-refractivity contribution in [1.82, 2.24) is 15.2 Å². The molecule has 5 nitrogen and oxygen atoms in total. The zero-order valence-corrected chi connectivity index (χ0v) is 22.5. The van der Waals surface area contributed by atoms with Crippen LogP contribution in [0.1, 0.15) is 53.7 Å². The number of fused-ring (bicyclic) bond motifs is 1. The van der Waals surface area contributed by atoms with Crippen molar-refractivity contribution in [2.75, 3.05) is 26.4 Å². The summed E-state index contributed by atoms with van der Waals surface area (Å²) in [6.07, 6.45) is 2.80. The number of hydrogen-bond donors (Lipinski definition) is 1. The fraction of sp³-hybridized carbons (Fsp3) is 0.333. The summed E-state index contributed by atoms with van der Waals surface area (Å²) in [5, 5.41) is 4.10. The Hall–Kier alpha value is -3.61. The van der Waals surface area contributed by atoms with Crippen LogP contribution in [0.15, 0.2) is 84.9 Å². The van der Waals surface area contributed by atoms with Gasteiger partial charge in [-0.05, 0) is 37.4 Å². The third-order valence-electron chi connectivity index (χ3n) is 7.61. The molecule has 39 heavy (non-hydrogen) atoms. The van der Waals surface area contributed by atoms with Gasteiger partial charge in [0, 0.05) is 29.1 Å². The molecule has 2 heterocycles. The first kappa shape index (κ1) is 27.0. The van der Waals surface area contributed by atoms with Gasteiger partial charge < -0.3 is 10.1 Å². The van der Waals surface area contributed by atoms with Gasteiger partial charge in [-0.15, -0.1) is 0 Å². The maximum absolute atomic E-state index is 14.1. The minimum absolute atomic E-state index is 0.118. The first-order valence-electron chi connectivity index (χ1n) is 13.9. The van der Waals surface area contributed by atoms with Gasteiger partial charge in [-0.25, -0.2) is 9.37 Å². The van der Waals surface area contributed by atoms with Gasteiger partial charge in [-0.2, -0.15) is 0 Å². The van der Waals surface area contributed by atoms with E-state index in [1.165, 1.54) is 0 Å². The quantitative estimate of drug-likeness (QED) is 0.236. The molecular weight excluding hydrogens is 489 g/mol. The van der Waals surface area contributed by atoms with Gasteiger partial charge in [0.15, 0.2) is 0 Å². The van der Waals surface area contributed by atoms with Gasteiger partial charge in [0.05, 0.1) is 36.0 Å². The lowest BCUT2D eigenvalue weighted by molar-refractivity contribution is 0.0642. The Bertz CT molecular complexity index is 1380. The number of aromatic nitrogens is 1. The number of nitrogens with one attached hydrogen (secondary N) is 1. The Morgan fingerprint density at radius 3 is 2.51 bits per heavy atom. The molecule has 0 saturated carbocycles. The number of carbonyl (C=O) groups is 1. The molecule has 202 valence electrons. The van der Waals surface area contributed by atoms with Gasteiger partial charge in [-0.1, -0.05) is 85.8 Å². The van der Waals surface area contributed by atoms with Crippen LogP contribution in [0.4, 0.5) is 4.39 Å². The zero-order chi connectivity index (χ0) is 27.0. The molecule has 1 aliphatic heterocycles. The van der Waals surface area contributed by atoms with Gasteiger partial charge in [0.2, 0.25) is 0 Å². The molecule has 3 aromatic carbocycles. The maximum atomic E-state index is 14.1. The van der Waals surface area contributed by atoms with Crippen LogP contribution in [0.3, 0.4) is 0 Å². The summed E-state index contributed by atoms with van der Waals surface area (Å²) in [5.41, 5.74) is 4.89. The summed E-state index contributed by atoms with van der Waals surface area (Å²) < 4.78 is 19.4. The minimum atomic E-state index is -0.354. The van der Waals surface area contributed by atoms with Crippen molar-refractivity contribution in [3.05, 3.63) is 102 Å². The SMILES string of the molecule is CC[C@H](NC(=O)c1c(COC[C@@H]2CCCN2CCF)c(-c2ccccc2)nc2ccccc12)c1ccccc1. The second kappa shape index (κ2) is 13.0. The Labute approximate surface area is 230 Å². The average molecular weight is 526 g/mol. The second-order valence-corrected chi connectivity index (χ2v) is 10.1. The zero-order valence-electron chi connectivity index (χ0n) is 22.5. The molecule has 1 aromatic heterocycles. The van der Waals surface area contributed by atoms with E-state index in [-0.39, 0.29) is 31.3 Å². The maximum Gasteiger partial charge on any atom is 0.252 e. The van der Waals surface area contributed by atoms with E-state index in [2.05, 4.69) is 17.1 Å². The third kappa shape index (κ3) is 6.18. The molecule has 0 unspecified atom stereocenters. The number of benzene rings is 3. The molecule has 1 N–H and O–H groups in total. The molecule has 0 aliphatic carbocycles. The number of rotatable bonds is 11. The Kier molecular flexibility index (Phi) is 8.96. The highest BCUT2D eigenvalue weighted by molar-refractivity contribution is 6.09. The summed E-state index contributed by atoms with van der Waals surface area (Å²) in [5.74, 6) is -0.139. The number of hydrogen-bond acceptors (Lipinski definition) is 4. The number of carbonyl (C=O) groups excluding carboxylic acids is 1. The summed E-state index contributed by atoms with van der Waals surface area (Å²) >= 11 is 0. The number of alkyl halides is 1. The largest absolute Gasteiger partial charge is 0.375 e. The van der Waals surface area contributed by atoms with E-state index in [4.69, 9.17) is 9.72 Å². The van der Waals surface area contributed by atoms with Crippen LogP contribution < -0.4 is 5.32 Å². The second-order valence-electron chi connectivity index (χ2n) is 10.1. The smallest absolute Gasteiger partial charge is 0.252 e. The Morgan fingerprint density at radius 2 is 1.77 bits per heavy atom. The van der Waals surface area contributed by atoms with Crippen LogP contribution in [-0.2, 0) is 11.3 Å². The summed E-state index contributed by atoms with van der Waals surface area (Å²) in [6, 6.07) is 27.9. The van der Waals surface area contributed by atoms with Crippen molar-refractivity contribution in [1.29, 1.82) is 0 Å². The predicted molar refractivity (Wildman–Crippen MR) is 154 cm³/mol. The van der Waals surface area contributed by atoms with Gasteiger partial charge in [0.25, 0.3) is 5.91 Å². The van der Waals surface area contributed by atoms with Gasteiger partial charge >= 0.3 is 0 Å². The topological polar surface area (TPSA) is 54.5 Å². The summed E-state index contributed by atoms with van der Waals surface area (Å²) in [4.78, 5) is 21.3. The van der Waals surface area contributed by atoms with E-state index in [1.807, 2.05) is 84.9 Å². The number of para-hydroxylation sites is 1. The molecule has 2 atom stereocenters. The van der Waals surface area contributed by atoms with E-state index >= 15 is 0 Å². The van der Waals surface area contributed by atoms with E-state index in [0.717, 1.165) is 59.1 Å². The predicted octanol–water partition coefficient (Wildman–Crippen LogP) is 6.73. The number of likely N-dealkylation sites (tertiary alicyclic amines) is 1. The fourth-order valence-corrected chi connectivity index (χ4v) is 5.61.